The number of hydrogen-bond acceptors (Lipinski definition) is 4. The van der Waals surface area contributed by atoms with E-state index in [0.29, 0.717) is 31.9 Å². The second-order valence-electron chi connectivity index (χ2n) is 4.15. The van der Waals surface area contributed by atoms with Crippen LogP contribution in [-0.4, -0.2) is 44.0 Å². The van der Waals surface area contributed by atoms with Crippen molar-refractivity contribution in [3.8, 4) is 0 Å². The van der Waals surface area contributed by atoms with Crippen molar-refractivity contribution in [2.45, 2.75) is 5.25 Å². The average Bonchev–Trinajstić information content (AvgIpc) is 2.40. The van der Waals surface area contributed by atoms with Gasteiger partial charge in [-0.3, -0.25) is 4.98 Å². The number of morpholine rings is 1. The Balaban J connectivity index is 2.32. The van der Waals surface area contributed by atoms with Crippen molar-refractivity contribution in [2.24, 2.45) is 0 Å². The van der Waals surface area contributed by atoms with Crippen molar-refractivity contribution in [1.82, 2.24) is 9.29 Å². The molecule has 1 fully saturated rings. The highest BCUT2D eigenvalue weighted by molar-refractivity contribution is 9.10. The Morgan fingerprint density at radius 2 is 2.11 bits per heavy atom. The van der Waals surface area contributed by atoms with E-state index in [1.165, 1.54) is 10.4 Å². The summed E-state index contributed by atoms with van der Waals surface area (Å²) in [6, 6.07) is 1.75. The second kappa shape index (κ2) is 6.13. The molecule has 0 amide bonds. The maximum Gasteiger partial charge on any atom is 0.225 e. The standard InChI is InChI=1S/C12H15BrN2O3S/c1-2-12(10-7-11(13)9-14-8-10)19(16,17)15-3-5-18-6-4-15/h2,7-9,12H,1,3-6H2. The maximum atomic E-state index is 12.6. The van der Waals surface area contributed by atoms with Gasteiger partial charge < -0.3 is 4.74 Å². The molecule has 1 aliphatic rings. The van der Waals surface area contributed by atoms with Crippen LogP contribution in [0, 0.1) is 0 Å². The molecule has 0 radical (unpaired) electrons. The van der Waals surface area contributed by atoms with Gasteiger partial charge in [-0.05, 0) is 27.6 Å². The van der Waals surface area contributed by atoms with Gasteiger partial charge in [0, 0.05) is 30.0 Å². The zero-order chi connectivity index (χ0) is 13.9. The Morgan fingerprint density at radius 3 is 2.68 bits per heavy atom. The summed E-state index contributed by atoms with van der Waals surface area (Å²) >= 11 is 3.30. The van der Waals surface area contributed by atoms with E-state index in [1.807, 2.05) is 0 Å². The number of pyridine rings is 1. The van der Waals surface area contributed by atoms with Gasteiger partial charge in [-0.15, -0.1) is 6.58 Å². The molecule has 7 heteroatoms. The zero-order valence-corrected chi connectivity index (χ0v) is 12.7. The molecule has 1 aliphatic heterocycles. The Hall–Kier alpha value is -0.760. The highest BCUT2D eigenvalue weighted by atomic mass is 79.9. The smallest absolute Gasteiger partial charge is 0.225 e. The predicted molar refractivity (Wildman–Crippen MR) is 76.2 cm³/mol. The minimum atomic E-state index is -3.47. The summed E-state index contributed by atoms with van der Waals surface area (Å²) in [6.45, 7) is 5.27. The van der Waals surface area contributed by atoms with E-state index in [4.69, 9.17) is 4.74 Å². The van der Waals surface area contributed by atoms with Crippen LogP contribution in [0.1, 0.15) is 10.8 Å². The van der Waals surface area contributed by atoms with Crippen LogP contribution in [-0.2, 0) is 14.8 Å². The molecule has 104 valence electrons. The Morgan fingerprint density at radius 1 is 1.42 bits per heavy atom. The summed E-state index contributed by atoms with van der Waals surface area (Å²) < 4.78 is 32.5. The Bertz CT molecular complexity index is 556. The number of rotatable bonds is 4. The van der Waals surface area contributed by atoms with Crippen LogP contribution >= 0.6 is 15.9 Å². The monoisotopic (exact) mass is 346 g/mol. The number of hydrogen-bond donors (Lipinski definition) is 0. The van der Waals surface area contributed by atoms with Crippen molar-refractivity contribution in [2.75, 3.05) is 26.3 Å². The van der Waals surface area contributed by atoms with E-state index in [-0.39, 0.29) is 0 Å². The molecular weight excluding hydrogens is 332 g/mol. The minimum absolute atomic E-state index is 0.383. The quantitative estimate of drug-likeness (QED) is 0.779. The van der Waals surface area contributed by atoms with Crippen molar-refractivity contribution in [3.05, 3.63) is 41.2 Å². The van der Waals surface area contributed by atoms with Gasteiger partial charge in [-0.1, -0.05) is 6.08 Å². The van der Waals surface area contributed by atoms with Gasteiger partial charge in [0.1, 0.15) is 5.25 Å². The Labute approximate surface area is 121 Å². The van der Waals surface area contributed by atoms with Gasteiger partial charge in [-0.2, -0.15) is 4.31 Å². The number of nitrogens with zero attached hydrogens (tertiary/aromatic N) is 2. The summed E-state index contributed by atoms with van der Waals surface area (Å²) in [7, 11) is -3.47. The van der Waals surface area contributed by atoms with Gasteiger partial charge in [0.15, 0.2) is 0 Å². The van der Waals surface area contributed by atoms with Crippen LogP contribution < -0.4 is 0 Å². The molecule has 1 atom stereocenters. The highest BCUT2D eigenvalue weighted by Gasteiger charge is 2.32. The third-order valence-electron chi connectivity index (χ3n) is 2.92. The van der Waals surface area contributed by atoms with Crippen LogP contribution in [0.5, 0.6) is 0 Å². The lowest BCUT2D eigenvalue weighted by molar-refractivity contribution is 0.0728. The number of halogens is 1. The van der Waals surface area contributed by atoms with Crippen LogP contribution in [0.4, 0.5) is 0 Å². The van der Waals surface area contributed by atoms with Crippen LogP contribution in [0.3, 0.4) is 0 Å². The summed E-state index contributed by atoms with van der Waals surface area (Å²) in [5.41, 5.74) is 0.607. The van der Waals surface area contributed by atoms with Crippen molar-refractivity contribution in [3.63, 3.8) is 0 Å². The normalized spacial score (nSPS) is 19.0. The molecule has 0 saturated carbocycles. The van der Waals surface area contributed by atoms with E-state index < -0.39 is 15.3 Å². The summed E-state index contributed by atoms with van der Waals surface area (Å²) in [6.07, 6.45) is 4.61. The largest absolute Gasteiger partial charge is 0.379 e. The fourth-order valence-corrected chi connectivity index (χ4v) is 4.05. The molecule has 0 aliphatic carbocycles. The first kappa shape index (κ1) is 14.6. The molecule has 1 unspecified atom stereocenters. The summed E-state index contributed by atoms with van der Waals surface area (Å²) in [5.74, 6) is 0. The van der Waals surface area contributed by atoms with Gasteiger partial charge in [0.25, 0.3) is 0 Å². The van der Waals surface area contributed by atoms with Crippen molar-refractivity contribution in [1.29, 1.82) is 0 Å². The third-order valence-corrected chi connectivity index (χ3v) is 5.54. The third kappa shape index (κ3) is 3.22. The first-order chi connectivity index (χ1) is 9.05. The van der Waals surface area contributed by atoms with Gasteiger partial charge in [0.05, 0.1) is 13.2 Å². The SMILES string of the molecule is C=CC(c1cncc(Br)c1)S(=O)(=O)N1CCOCC1. The molecule has 0 bridgehead atoms. The highest BCUT2D eigenvalue weighted by Crippen LogP contribution is 2.28. The fraction of sp³-hybridized carbons (Fsp3) is 0.417. The molecule has 5 nitrogen and oxygen atoms in total. The van der Waals surface area contributed by atoms with Gasteiger partial charge in [0.2, 0.25) is 10.0 Å². The summed E-state index contributed by atoms with van der Waals surface area (Å²) in [5, 5.41) is -0.782. The molecular formula is C12H15BrN2O3S. The molecule has 1 aromatic heterocycles. The van der Waals surface area contributed by atoms with Crippen LogP contribution in [0.15, 0.2) is 35.6 Å². The molecule has 1 aromatic rings. The van der Waals surface area contributed by atoms with Crippen LogP contribution in [0.2, 0.25) is 0 Å². The molecule has 2 heterocycles. The molecule has 0 spiro atoms. The summed E-state index contributed by atoms with van der Waals surface area (Å²) in [4.78, 5) is 4.01. The maximum absolute atomic E-state index is 12.6. The van der Waals surface area contributed by atoms with E-state index in [1.54, 1.807) is 18.5 Å². The number of sulfonamides is 1. The predicted octanol–water partition coefficient (Wildman–Crippen LogP) is 1.73. The van der Waals surface area contributed by atoms with Crippen molar-refractivity contribution >= 4 is 26.0 Å². The molecule has 0 aromatic carbocycles. The topological polar surface area (TPSA) is 59.5 Å². The molecule has 1 saturated heterocycles. The first-order valence-corrected chi connectivity index (χ1v) is 8.15. The number of aromatic nitrogens is 1. The van der Waals surface area contributed by atoms with E-state index >= 15 is 0 Å². The lowest BCUT2D eigenvalue weighted by atomic mass is 10.2. The fourth-order valence-electron chi connectivity index (χ4n) is 1.98. The molecule has 2 rings (SSSR count). The Kier molecular flexibility index (Phi) is 4.72. The van der Waals surface area contributed by atoms with Gasteiger partial charge >= 0.3 is 0 Å². The molecule has 19 heavy (non-hydrogen) atoms. The average molecular weight is 347 g/mol. The second-order valence-corrected chi connectivity index (χ2v) is 7.12. The van der Waals surface area contributed by atoms with E-state index in [2.05, 4.69) is 27.5 Å². The lowest BCUT2D eigenvalue weighted by Crippen LogP contribution is -2.42. The lowest BCUT2D eigenvalue weighted by Gasteiger charge is -2.29. The van der Waals surface area contributed by atoms with Crippen LogP contribution in [0.25, 0.3) is 0 Å². The molecule has 0 N–H and O–H groups in total. The van der Waals surface area contributed by atoms with E-state index in [0.717, 1.165) is 4.47 Å². The minimum Gasteiger partial charge on any atom is -0.379 e. The van der Waals surface area contributed by atoms with E-state index in [9.17, 15) is 8.42 Å². The zero-order valence-electron chi connectivity index (χ0n) is 10.3. The first-order valence-electron chi connectivity index (χ1n) is 5.85. The number of ether oxygens (including phenoxy) is 1. The van der Waals surface area contributed by atoms with Crippen molar-refractivity contribution < 1.29 is 13.2 Å². The van der Waals surface area contributed by atoms with Gasteiger partial charge in [-0.25, -0.2) is 8.42 Å².